The minimum absolute atomic E-state index is 0.0879. The Kier molecular flexibility index (Phi) is 4.68. The number of aromatic amines is 1. The maximum Gasteiger partial charge on any atom is 0.349 e. The van der Waals surface area contributed by atoms with Crippen LogP contribution in [0.25, 0.3) is 5.69 Å². The van der Waals surface area contributed by atoms with Crippen LogP contribution in [0.3, 0.4) is 0 Å². The molecule has 9 nitrogen and oxygen atoms in total. The van der Waals surface area contributed by atoms with E-state index in [-0.39, 0.29) is 5.91 Å². The standard InChI is InChI=1S/C21H17N5O4/c1-11-7-14(26-21(29)24-20(28)17(10-22)25-26)8-12(2)18(11)30-15-3-4-16-13(9-15)5-6-23-19(16)27/h3-4,7-9H,5-6H2,1-2H3,(H,23,27)(H,24,28,29). The second-order valence-corrected chi connectivity index (χ2v) is 6.97. The number of H-pyrrole nitrogens is 1. The molecule has 4 rings (SSSR count). The first kappa shape index (κ1) is 19.1. The van der Waals surface area contributed by atoms with Gasteiger partial charge >= 0.3 is 5.69 Å². The molecule has 30 heavy (non-hydrogen) atoms. The number of nitrogens with one attached hydrogen (secondary N) is 2. The fraction of sp³-hybridized carbons (Fsp3) is 0.190. The Bertz CT molecular complexity index is 1320. The van der Waals surface area contributed by atoms with E-state index in [2.05, 4.69) is 15.4 Å². The molecule has 9 heteroatoms. The molecule has 0 aliphatic carbocycles. The maximum absolute atomic E-state index is 12.1. The number of benzene rings is 2. The van der Waals surface area contributed by atoms with Crippen molar-refractivity contribution in [3.8, 4) is 23.3 Å². The van der Waals surface area contributed by atoms with Gasteiger partial charge in [-0.05, 0) is 67.3 Å². The minimum Gasteiger partial charge on any atom is -0.457 e. The third kappa shape index (κ3) is 3.35. The van der Waals surface area contributed by atoms with Gasteiger partial charge in [0.1, 0.15) is 17.6 Å². The fourth-order valence-electron chi connectivity index (χ4n) is 3.44. The molecule has 0 bridgehead atoms. The van der Waals surface area contributed by atoms with Gasteiger partial charge in [0, 0.05) is 12.1 Å². The first-order valence-electron chi connectivity index (χ1n) is 9.21. The molecule has 1 amide bonds. The van der Waals surface area contributed by atoms with Gasteiger partial charge in [0.2, 0.25) is 5.69 Å². The van der Waals surface area contributed by atoms with E-state index in [9.17, 15) is 14.4 Å². The third-order valence-electron chi connectivity index (χ3n) is 4.84. The maximum atomic E-state index is 12.1. The molecule has 2 aromatic carbocycles. The predicted octanol–water partition coefficient (Wildman–Crippen LogP) is 1.49. The van der Waals surface area contributed by atoms with E-state index in [4.69, 9.17) is 10.00 Å². The lowest BCUT2D eigenvalue weighted by Gasteiger charge is -2.18. The summed E-state index contributed by atoms with van der Waals surface area (Å²) < 4.78 is 7.05. The molecule has 0 spiro atoms. The fourth-order valence-corrected chi connectivity index (χ4v) is 3.44. The van der Waals surface area contributed by atoms with E-state index in [0.717, 1.165) is 27.8 Å². The summed E-state index contributed by atoms with van der Waals surface area (Å²) in [7, 11) is 0. The van der Waals surface area contributed by atoms with Gasteiger partial charge in [-0.1, -0.05) is 0 Å². The third-order valence-corrected chi connectivity index (χ3v) is 4.84. The quantitative estimate of drug-likeness (QED) is 0.681. The van der Waals surface area contributed by atoms with Gasteiger partial charge in [-0.25, -0.2) is 4.79 Å². The van der Waals surface area contributed by atoms with Crippen molar-refractivity contribution in [2.24, 2.45) is 0 Å². The van der Waals surface area contributed by atoms with Crippen LogP contribution in [0.1, 0.15) is 32.7 Å². The van der Waals surface area contributed by atoms with Crippen molar-refractivity contribution < 1.29 is 9.53 Å². The molecule has 0 radical (unpaired) electrons. The van der Waals surface area contributed by atoms with E-state index in [0.29, 0.717) is 29.3 Å². The predicted molar refractivity (Wildman–Crippen MR) is 107 cm³/mol. The molecular formula is C21H17N5O4. The van der Waals surface area contributed by atoms with Crippen molar-refractivity contribution in [2.75, 3.05) is 6.54 Å². The molecule has 1 aliphatic rings. The number of amides is 1. The van der Waals surface area contributed by atoms with Gasteiger partial charge in [0.25, 0.3) is 11.5 Å². The van der Waals surface area contributed by atoms with Crippen LogP contribution in [-0.2, 0) is 6.42 Å². The average molecular weight is 403 g/mol. The molecule has 1 aromatic heterocycles. The number of fused-ring (bicyclic) bond motifs is 1. The minimum atomic E-state index is -0.826. The molecule has 2 N–H and O–H groups in total. The van der Waals surface area contributed by atoms with Crippen molar-refractivity contribution in [3.05, 3.63) is 79.1 Å². The number of ether oxygens (including phenoxy) is 1. The summed E-state index contributed by atoms with van der Waals surface area (Å²) in [4.78, 5) is 37.7. The topological polar surface area (TPSA) is 130 Å². The Morgan fingerprint density at radius 1 is 1.13 bits per heavy atom. The summed E-state index contributed by atoms with van der Waals surface area (Å²) in [5, 5.41) is 15.6. The van der Waals surface area contributed by atoms with Crippen LogP contribution in [0.5, 0.6) is 11.5 Å². The molecule has 0 atom stereocenters. The zero-order chi connectivity index (χ0) is 21.4. The van der Waals surface area contributed by atoms with Gasteiger partial charge < -0.3 is 10.1 Å². The summed E-state index contributed by atoms with van der Waals surface area (Å²) in [5.41, 5.74) is 1.48. The smallest absolute Gasteiger partial charge is 0.349 e. The lowest BCUT2D eigenvalue weighted by atomic mass is 10.0. The SMILES string of the molecule is Cc1cc(-n2nc(C#N)c(=O)[nH]c2=O)cc(C)c1Oc1ccc2c(c1)CCNC2=O. The number of nitrogens with zero attached hydrogens (tertiary/aromatic N) is 3. The Balaban J connectivity index is 1.71. The van der Waals surface area contributed by atoms with Crippen LogP contribution in [-0.4, -0.2) is 27.2 Å². The molecule has 3 aromatic rings. The molecule has 0 unspecified atom stereocenters. The Labute approximate surface area is 170 Å². The van der Waals surface area contributed by atoms with Crippen molar-refractivity contribution in [2.45, 2.75) is 20.3 Å². The van der Waals surface area contributed by atoms with Gasteiger partial charge in [0.05, 0.1) is 5.69 Å². The van der Waals surface area contributed by atoms with E-state index in [1.165, 1.54) is 0 Å². The highest BCUT2D eigenvalue weighted by Gasteiger charge is 2.18. The van der Waals surface area contributed by atoms with Crippen molar-refractivity contribution in [3.63, 3.8) is 0 Å². The van der Waals surface area contributed by atoms with E-state index < -0.39 is 16.9 Å². The summed E-state index contributed by atoms with van der Waals surface area (Å²) in [6.45, 7) is 4.23. The van der Waals surface area contributed by atoms with E-state index >= 15 is 0 Å². The van der Waals surface area contributed by atoms with Crippen molar-refractivity contribution in [1.82, 2.24) is 20.1 Å². The molecule has 1 aliphatic heterocycles. The highest BCUT2D eigenvalue weighted by atomic mass is 16.5. The zero-order valence-corrected chi connectivity index (χ0v) is 16.3. The normalized spacial score (nSPS) is 12.6. The van der Waals surface area contributed by atoms with Crippen LogP contribution >= 0.6 is 0 Å². The largest absolute Gasteiger partial charge is 0.457 e. The van der Waals surface area contributed by atoms with Gasteiger partial charge in [-0.3, -0.25) is 14.6 Å². The Morgan fingerprint density at radius 3 is 2.57 bits per heavy atom. The van der Waals surface area contributed by atoms with Crippen LogP contribution in [0, 0.1) is 25.2 Å². The second kappa shape index (κ2) is 7.33. The monoisotopic (exact) mass is 403 g/mol. The van der Waals surface area contributed by atoms with E-state index in [1.807, 2.05) is 19.9 Å². The number of carbonyl (C=O) groups is 1. The number of hydrogen-bond donors (Lipinski definition) is 2. The van der Waals surface area contributed by atoms with Crippen LogP contribution in [0.2, 0.25) is 0 Å². The summed E-state index contributed by atoms with van der Waals surface area (Å²) >= 11 is 0. The number of aromatic nitrogens is 3. The molecule has 0 saturated carbocycles. The van der Waals surface area contributed by atoms with Gasteiger partial charge in [0.15, 0.2) is 0 Å². The lowest BCUT2D eigenvalue weighted by molar-refractivity contribution is 0.0946. The lowest BCUT2D eigenvalue weighted by Crippen LogP contribution is -2.33. The first-order chi connectivity index (χ1) is 14.4. The zero-order valence-electron chi connectivity index (χ0n) is 16.3. The molecule has 0 fully saturated rings. The number of aryl methyl sites for hydroxylation is 2. The van der Waals surface area contributed by atoms with Crippen molar-refractivity contribution in [1.29, 1.82) is 5.26 Å². The summed E-state index contributed by atoms with van der Waals surface area (Å²) in [6.07, 6.45) is 0.733. The first-order valence-corrected chi connectivity index (χ1v) is 9.21. The second-order valence-electron chi connectivity index (χ2n) is 6.97. The molecular weight excluding hydrogens is 386 g/mol. The summed E-state index contributed by atoms with van der Waals surface area (Å²) in [6, 6.07) is 10.4. The molecule has 150 valence electrons. The number of rotatable bonds is 3. The van der Waals surface area contributed by atoms with E-state index in [1.54, 1.807) is 30.3 Å². The number of nitriles is 1. The number of hydrogen-bond acceptors (Lipinski definition) is 6. The highest BCUT2D eigenvalue weighted by molar-refractivity contribution is 5.96. The number of carbonyl (C=O) groups excluding carboxylic acids is 1. The Morgan fingerprint density at radius 2 is 1.87 bits per heavy atom. The van der Waals surface area contributed by atoms with Crippen LogP contribution in [0.4, 0.5) is 0 Å². The summed E-state index contributed by atoms with van der Waals surface area (Å²) in [5.74, 6) is 1.13. The highest BCUT2D eigenvalue weighted by Crippen LogP contribution is 2.32. The molecule has 2 heterocycles. The van der Waals surface area contributed by atoms with Crippen LogP contribution in [0.15, 0.2) is 39.9 Å². The van der Waals surface area contributed by atoms with Crippen molar-refractivity contribution >= 4 is 5.91 Å². The molecule has 0 saturated heterocycles. The van der Waals surface area contributed by atoms with Gasteiger partial charge in [-0.2, -0.15) is 9.94 Å². The Hall–Kier alpha value is -4.19. The van der Waals surface area contributed by atoms with Crippen LogP contribution < -0.4 is 21.3 Å². The van der Waals surface area contributed by atoms with Gasteiger partial charge in [-0.15, -0.1) is 5.10 Å². The average Bonchev–Trinajstić information content (AvgIpc) is 2.71.